The first-order valence-electron chi connectivity index (χ1n) is 10.5. The molecule has 0 bridgehead atoms. The number of nitrogens with zero attached hydrogens (tertiary/aromatic N) is 1. The second-order valence-electron chi connectivity index (χ2n) is 9.41. The highest BCUT2D eigenvalue weighted by molar-refractivity contribution is 14.1. The molecule has 3 rings (SSSR count). The minimum Gasteiger partial charge on any atom is -0.386 e. The molecule has 2 aromatic carbocycles. The van der Waals surface area contributed by atoms with E-state index >= 15 is 0 Å². The number of likely N-dealkylation sites (tertiary alicyclic amines) is 1. The topological polar surface area (TPSA) is 52.6 Å². The SMILES string of the molecule is CC(C)NCC(C)(C)C1(O)CN(C(=O)c2ccc(F)c(F)c2Cc2ccc(I)cc2F)C1. The fourth-order valence-corrected chi connectivity index (χ4v) is 4.23. The van der Waals surface area contributed by atoms with Gasteiger partial charge in [-0.3, -0.25) is 4.79 Å². The van der Waals surface area contributed by atoms with Crippen molar-refractivity contribution in [2.75, 3.05) is 19.6 Å². The van der Waals surface area contributed by atoms with Crippen LogP contribution in [0.4, 0.5) is 13.2 Å². The van der Waals surface area contributed by atoms with Crippen LogP contribution in [0.15, 0.2) is 30.3 Å². The molecule has 1 aliphatic rings. The lowest BCUT2D eigenvalue weighted by Gasteiger charge is -2.55. The minimum atomic E-state index is -1.16. The highest BCUT2D eigenvalue weighted by Gasteiger charge is 2.53. The number of carbonyl (C=O) groups excluding carboxylic acids is 1. The van der Waals surface area contributed by atoms with Gasteiger partial charge in [0.15, 0.2) is 11.6 Å². The van der Waals surface area contributed by atoms with Crippen LogP contribution in [0.3, 0.4) is 0 Å². The number of β-amino-alcohol motifs (C(OH)–C–C–N with tert-alkyl or cyclic N) is 1. The van der Waals surface area contributed by atoms with Crippen LogP contribution in [0.1, 0.15) is 49.2 Å². The van der Waals surface area contributed by atoms with Gasteiger partial charge in [0.05, 0.1) is 13.1 Å². The molecule has 1 heterocycles. The fourth-order valence-electron chi connectivity index (χ4n) is 3.77. The number of nitrogens with one attached hydrogen (secondary N) is 1. The standard InChI is InChI=1S/C24H28F3IN2O2/c1-14(2)29-11-23(3,4)24(32)12-30(13-24)22(31)17-7-8-19(25)21(27)18(17)9-15-5-6-16(28)10-20(15)26/h5-8,10,14,29,32H,9,11-13H2,1-4H3. The molecule has 2 aromatic rings. The van der Waals surface area contributed by atoms with Crippen LogP contribution in [-0.4, -0.2) is 47.2 Å². The number of benzene rings is 2. The van der Waals surface area contributed by atoms with Crippen molar-refractivity contribution in [3.8, 4) is 0 Å². The molecule has 0 spiro atoms. The van der Waals surface area contributed by atoms with Gasteiger partial charge in [-0.05, 0) is 52.4 Å². The lowest BCUT2D eigenvalue weighted by molar-refractivity contribution is -0.152. The third-order valence-electron chi connectivity index (χ3n) is 6.21. The highest BCUT2D eigenvalue weighted by Crippen LogP contribution is 2.39. The van der Waals surface area contributed by atoms with E-state index in [1.807, 2.05) is 50.3 Å². The molecule has 1 saturated heterocycles. The first-order chi connectivity index (χ1) is 14.8. The molecule has 4 nitrogen and oxygen atoms in total. The van der Waals surface area contributed by atoms with Gasteiger partial charge in [-0.25, -0.2) is 13.2 Å². The molecule has 1 amide bonds. The largest absolute Gasteiger partial charge is 0.386 e. The number of aliphatic hydroxyl groups is 1. The Morgan fingerprint density at radius 1 is 1.19 bits per heavy atom. The summed E-state index contributed by atoms with van der Waals surface area (Å²) in [7, 11) is 0. The lowest BCUT2D eigenvalue weighted by atomic mass is 9.69. The summed E-state index contributed by atoms with van der Waals surface area (Å²) in [5, 5.41) is 14.4. The summed E-state index contributed by atoms with van der Waals surface area (Å²) in [4.78, 5) is 14.6. The molecule has 0 aromatic heterocycles. The van der Waals surface area contributed by atoms with Crippen molar-refractivity contribution in [2.24, 2.45) is 5.41 Å². The Hall–Kier alpha value is -1.65. The van der Waals surface area contributed by atoms with E-state index < -0.39 is 34.4 Å². The summed E-state index contributed by atoms with van der Waals surface area (Å²) < 4.78 is 43.7. The monoisotopic (exact) mass is 560 g/mol. The summed E-state index contributed by atoms with van der Waals surface area (Å²) in [5.41, 5.74) is -1.65. The number of rotatable bonds is 7. The Kier molecular flexibility index (Phi) is 7.26. The zero-order chi connectivity index (χ0) is 23.8. The van der Waals surface area contributed by atoms with E-state index in [1.165, 1.54) is 23.1 Å². The average Bonchev–Trinajstić information content (AvgIpc) is 2.68. The molecule has 8 heteroatoms. The second kappa shape index (κ2) is 9.30. The van der Waals surface area contributed by atoms with Crippen molar-refractivity contribution in [3.63, 3.8) is 0 Å². The Balaban J connectivity index is 1.83. The maximum Gasteiger partial charge on any atom is 0.254 e. The van der Waals surface area contributed by atoms with Gasteiger partial charge in [0, 0.05) is 39.1 Å². The van der Waals surface area contributed by atoms with Crippen LogP contribution in [0.25, 0.3) is 0 Å². The normalized spacial score (nSPS) is 15.8. The molecule has 0 radical (unpaired) electrons. The van der Waals surface area contributed by atoms with E-state index in [2.05, 4.69) is 5.32 Å². The molecular formula is C24H28F3IN2O2. The van der Waals surface area contributed by atoms with Crippen LogP contribution < -0.4 is 5.32 Å². The van der Waals surface area contributed by atoms with Gasteiger partial charge in [0.25, 0.3) is 5.91 Å². The van der Waals surface area contributed by atoms with Gasteiger partial charge in [0.2, 0.25) is 0 Å². The third kappa shape index (κ3) is 4.97. The maximum absolute atomic E-state index is 14.7. The van der Waals surface area contributed by atoms with E-state index in [4.69, 9.17) is 0 Å². The first-order valence-corrected chi connectivity index (χ1v) is 11.6. The Labute approximate surface area is 200 Å². The van der Waals surface area contributed by atoms with E-state index in [1.54, 1.807) is 6.07 Å². The molecule has 1 aliphatic heterocycles. The molecule has 0 atom stereocenters. The average molecular weight is 560 g/mol. The molecule has 0 saturated carbocycles. The van der Waals surface area contributed by atoms with Gasteiger partial charge in [-0.2, -0.15) is 0 Å². The molecule has 174 valence electrons. The number of halogens is 4. The minimum absolute atomic E-state index is 0.0259. The van der Waals surface area contributed by atoms with Crippen LogP contribution >= 0.6 is 22.6 Å². The van der Waals surface area contributed by atoms with Crippen LogP contribution in [0, 0.1) is 26.4 Å². The van der Waals surface area contributed by atoms with Crippen molar-refractivity contribution >= 4 is 28.5 Å². The van der Waals surface area contributed by atoms with Gasteiger partial charge < -0.3 is 15.3 Å². The van der Waals surface area contributed by atoms with Crippen molar-refractivity contribution in [2.45, 2.75) is 45.8 Å². The first kappa shape index (κ1) is 25.0. The number of hydrogen-bond acceptors (Lipinski definition) is 3. The number of hydrogen-bond donors (Lipinski definition) is 2. The van der Waals surface area contributed by atoms with Crippen molar-refractivity contribution in [3.05, 3.63) is 68.0 Å². The summed E-state index contributed by atoms with van der Waals surface area (Å²) >= 11 is 1.96. The Morgan fingerprint density at radius 3 is 2.44 bits per heavy atom. The van der Waals surface area contributed by atoms with Gasteiger partial charge in [0.1, 0.15) is 11.4 Å². The Morgan fingerprint density at radius 2 is 1.84 bits per heavy atom. The highest BCUT2D eigenvalue weighted by atomic mass is 127. The van der Waals surface area contributed by atoms with Crippen molar-refractivity contribution in [1.29, 1.82) is 0 Å². The van der Waals surface area contributed by atoms with Crippen LogP contribution in [-0.2, 0) is 6.42 Å². The fraction of sp³-hybridized carbons (Fsp3) is 0.458. The van der Waals surface area contributed by atoms with Gasteiger partial charge >= 0.3 is 0 Å². The molecule has 1 fully saturated rings. The van der Waals surface area contributed by atoms with Crippen molar-refractivity contribution < 1.29 is 23.1 Å². The van der Waals surface area contributed by atoms with E-state index in [0.717, 1.165) is 6.07 Å². The second-order valence-corrected chi connectivity index (χ2v) is 10.7. The summed E-state index contributed by atoms with van der Waals surface area (Å²) in [6.45, 7) is 8.59. The molecule has 0 unspecified atom stereocenters. The van der Waals surface area contributed by atoms with Crippen molar-refractivity contribution in [1.82, 2.24) is 10.2 Å². The lowest BCUT2D eigenvalue weighted by Crippen LogP contribution is -2.71. The summed E-state index contributed by atoms with van der Waals surface area (Å²) in [5.74, 6) is -3.31. The molecular weight excluding hydrogens is 532 g/mol. The zero-order valence-corrected chi connectivity index (χ0v) is 20.8. The van der Waals surface area contributed by atoms with E-state index in [-0.39, 0.29) is 42.2 Å². The number of carbonyl (C=O) groups is 1. The molecule has 32 heavy (non-hydrogen) atoms. The molecule has 0 aliphatic carbocycles. The van der Waals surface area contributed by atoms with E-state index in [0.29, 0.717) is 10.1 Å². The predicted octanol–water partition coefficient (Wildman–Crippen LogP) is 4.51. The van der Waals surface area contributed by atoms with Crippen LogP contribution in [0.5, 0.6) is 0 Å². The predicted molar refractivity (Wildman–Crippen MR) is 126 cm³/mol. The smallest absolute Gasteiger partial charge is 0.254 e. The zero-order valence-electron chi connectivity index (χ0n) is 18.6. The quantitative estimate of drug-likeness (QED) is 0.491. The van der Waals surface area contributed by atoms with Gasteiger partial charge in [-0.15, -0.1) is 0 Å². The van der Waals surface area contributed by atoms with E-state index in [9.17, 15) is 23.1 Å². The van der Waals surface area contributed by atoms with Crippen LogP contribution in [0.2, 0.25) is 0 Å². The number of amides is 1. The third-order valence-corrected chi connectivity index (χ3v) is 6.88. The summed E-state index contributed by atoms with van der Waals surface area (Å²) in [6.07, 6.45) is -0.255. The maximum atomic E-state index is 14.7. The van der Waals surface area contributed by atoms with Gasteiger partial charge in [-0.1, -0.05) is 33.8 Å². The molecule has 2 N–H and O–H groups in total. The Bertz CT molecular complexity index is 1020. The summed E-state index contributed by atoms with van der Waals surface area (Å²) in [6, 6.07) is 6.85.